The smallest absolute Gasteiger partial charge is 0.220 e. The molecular weight excluding hydrogens is 152 g/mol. The lowest BCUT2D eigenvalue weighted by atomic mass is 10.2. The summed E-state index contributed by atoms with van der Waals surface area (Å²) in [5.74, 6) is 0.0806. The third kappa shape index (κ3) is 2.12. The molecule has 12 heavy (non-hydrogen) atoms. The molecule has 3 nitrogen and oxygen atoms in total. The van der Waals surface area contributed by atoms with Gasteiger partial charge in [0.2, 0.25) is 5.91 Å². The number of nitrogens with one attached hydrogen (secondary N) is 2. The van der Waals surface area contributed by atoms with E-state index in [4.69, 9.17) is 0 Å². The first-order chi connectivity index (χ1) is 5.74. The Labute approximate surface area is 72.2 Å². The SMILES string of the molecule is CCC(=O)NC(C)c1ccc[nH]1. The molecule has 0 fully saturated rings. The Morgan fingerprint density at radius 1 is 1.75 bits per heavy atom. The summed E-state index contributed by atoms with van der Waals surface area (Å²) in [7, 11) is 0. The average molecular weight is 166 g/mol. The van der Waals surface area contributed by atoms with Crippen LogP contribution in [0.1, 0.15) is 32.0 Å². The Bertz CT molecular complexity index is 241. The molecule has 66 valence electrons. The van der Waals surface area contributed by atoms with Crippen molar-refractivity contribution in [2.75, 3.05) is 0 Å². The molecule has 0 radical (unpaired) electrons. The number of hydrogen-bond donors (Lipinski definition) is 2. The van der Waals surface area contributed by atoms with Gasteiger partial charge in [0.1, 0.15) is 0 Å². The lowest BCUT2D eigenvalue weighted by molar-refractivity contribution is -0.121. The Kier molecular flexibility index (Phi) is 2.91. The van der Waals surface area contributed by atoms with Crippen LogP contribution in [-0.2, 0) is 4.79 Å². The van der Waals surface area contributed by atoms with Crippen molar-refractivity contribution < 1.29 is 4.79 Å². The van der Waals surface area contributed by atoms with Crippen LogP contribution in [0.4, 0.5) is 0 Å². The van der Waals surface area contributed by atoms with E-state index < -0.39 is 0 Å². The molecule has 0 aliphatic heterocycles. The number of aromatic nitrogens is 1. The molecule has 3 heteroatoms. The second-order valence-electron chi connectivity index (χ2n) is 2.77. The largest absolute Gasteiger partial charge is 0.363 e. The maximum Gasteiger partial charge on any atom is 0.220 e. The topological polar surface area (TPSA) is 44.9 Å². The highest BCUT2D eigenvalue weighted by Crippen LogP contribution is 2.08. The number of carbonyl (C=O) groups excluding carboxylic acids is 1. The van der Waals surface area contributed by atoms with Crippen molar-refractivity contribution in [3.05, 3.63) is 24.0 Å². The lowest BCUT2D eigenvalue weighted by Crippen LogP contribution is -2.25. The van der Waals surface area contributed by atoms with E-state index in [1.54, 1.807) is 0 Å². The zero-order valence-corrected chi connectivity index (χ0v) is 7.42. The van der Waals surface area contributed by atoms with Crippen molar-refractivity contribution in [2.24, 2.45) is 0 Å². The van der Waals surface area contributed by atoms with Crippen molar-refractivity contribution in [3.8, 4) is 0 Å². The zero-order valence-electron chi connectivity index (χ0n) is 7.42. The van der Waals surface area contributed by atoms with Gasteiger partial charge in [-0.05, 0) is 19.1 Å². The fourth-order valence-electron chi connectivity index (χ4n) is 1.03. The van der Waals surface area contributed by atoms with Gasteiger partial charge < -0.3 is 10.3 Å². The normalized spacial score (nSPS) is 12.5. The summed E-state index contributed by atoms with van der Waals surface area (Å²) in [6.07, 6.45) is 2.38. The van der Waals surface area contributed by atoms with Crippen LogP contribution in [0.15, 0.2) is 18.3 Å². The fourth-order valence-corrected chi connectivity index (χ4v) is 1.03. The van der Waals surface area contributed by atoms with Crippen LogP contribution in [0.25, 0.3) is 0 Å². The minimum atomic E-state index is 0.0763. The van der Waals surface area contributed by atoms with Gasteiger partial charge in [0.15, 0.2) is 0 Å². The number of H-pyrrole nitrogens is 1. The molecule has 0 aliphatic rings. The summed E-state index contributed by atoms with van der Waals surface area (Å²) < 4.78 is 0. The van der Waals surface area contributed by atoms with E-state index in [-0.39, 0.29) is 11.9 Å². The Balaban J connectivity index is 2.49. The monoisotopic (exact) mass is 166 g/mol. The fraction of sp³-hybridized carbons (Fsp3) is 0.444. The highest BCUT2D eigenvalue weighted by molar-refractivity contribution is 5.75. The molecule has 1 aromatic rings. The van der Waals surface area contributed by atoms with Crippen LogP contribution in [0.5, 0.6) is 0 Å². The summed E-state index contributed by atoms with van der Waals surface area (Å²) >= 11 is 0. The highest BCUT2D eigenvalue weighted by Gasteiger charge is 2.07. The van der Waals surface area contributed by atoms with Crippen LogP contribution < -0.4 is 5.32 Å². The zero-order chi connectivity index (χ0) is 8.97. The van der Waals surface area contributed by atoms with Gasteiger partial charge in [-0.1, -0.05) is 6.92 Å². The van der Waals surface area contributed by atoms with E-state index in [1.807, 2.05) is 32.2 Å². The van der Waals surface area contributed by atoms with Crippen LogP contribution in [0.3, 0.4) is 0 Å². The third-order valence-electron chi connectivity index (χ3n) is 1.79. The van der Waals surface area contributed by atoms with Crippen molar-refractivity contribution in [1.82, 2.24) is 10.3 Å². The summed E-state index contributed by atoms with van der Waals surface area (Å²) in [5.41, 5.74) is 1.04. The van der Waals surface area contributed by atoms with Gasteiger partial charge in [0.25, 0.3) is 0 Å². The van der Waals surface area contributed by atoms with Crippen molar-refractivity contribution >= 4 is 5.91 Å². The van der Waals surface area contributed by atoms with Gasteiger partial charge in [-0.3, -0.25) is 4.79 Å². The van der Waals surface area contributed by atoms with Gasteiger partial charge >= 0.3 is 0 Å². The van der Waals surface area contributed by atoms with Gasteiger partial charge in [0, 0.05) is 18.3 Å². The van der Waals surface area contributed by atoms with E-state index in [9.17, 15) is 4.79 Å². The molecule has 0 saturated heterocycles. The molecule has 1 unspecified atom stereocenters. The number of carbonyl (C=O) groups is 1. The molecule has 1 aromatic heterocycles. The molecule has 2 N–H and O–H groups in total. The Hall–Kier alpha value is -1.25. The number of amides is 1. The van der Waals surface area contributed by atoms with Crippen LogP contribution in [0, 0.1) is 0 Å². The predicted molar refractivity (Wildman–Crippen MR) is 47.6 cm³/mol. The summed E-state index contributed by atoms with van der Waals surface area (Å²) in [6.45, 7) is 3.80. The quantitative estimate of drug-likeness (QED) is 0.703. The standard InChI is InChI=1S/C9H14N2O/c1-3-9(12)11-7(2)8-5-4-6-10-8/h4-7,10H,3H2,1-2H3,(H,11,12). The summed E-state index contributed by atoms with van der Waals surface area (Å²) in [5, 5.41) is 2.86. The maximum atomic E-state index is 11.0. The molecule has 0 aromatic carbocycles. The van der Waals surface area contributed by atoms with E-state index in [0.717, 1.165) is 5.69 Å². The maximum absolute atomic E-state index is 11.0. The average Bonchev–Trinajstić information content (AvgIpc) is 2.56. The van der Waals surface area contributed by atoms with E-state index in [2.05, 4.69) is 10.3 Å². The summed E-state index contributed by atoms with van der Waals surface area (Å²) in [6, 6.07) is 3.96. The molecule has 0 aliphatic carbocycles. The third-order valence-corrected chi connectivity index (χ3v) is 1.79. The van der Waals surface area contributed by atoms with Crippen LogP contribution in [0.2, 0.25) is 0 Å². The second kappa shape index (κ2) is 3.95. The minimum absolute atomic E-state index is 0.0763. The van der Waals surface area contributed by atoms with Gasteiger partial charge in [-0.2, -0.15) is 0 Å². The Morgan fingerprint density at radius 2 is 2.50 bits per heavy atom. The number of rotatable bonds is 3. The van der Waals surface area contributed by atoms with Crippen LogP contribution >= 0.6 is 0 Å². The molecule has 1 atom stereocenters. The van der Waals surface area contributed by atoms with Crippen molar-refractivity contribution in [1.29, 1.82) is 0 Å². The predicted octanol–water partition coefficient (Wildman–Crippen LogP) is 1.60. The molecule has 0 spiro atoms. The molecule has 0 bridgehead atoms. The first-order valence-corrected chi connectivity index (χ1v) is 4.16. The molecule has 1 rings (SSSR count). The van der Waals surface area contributed by atoms with Gasteiger partial charge in [-0.25, -0.2) is 0 Å². The lowest BCUT2D eigenvalue weighted by Gasteiger charge is -2.10. The first-order valence-electron chi connectivity index (χ1n) is 4.16. The second-order valence-corrected chi connectivity index (χ2v) is 2.77. The Morgan fingerprint density at radius 3 is 3.00 bits per heavy atom. The first kappa shape index (κ1) is 8.84. The molecular formula is C9H14N2O. The summed E-state index contributed by atoms with van der Waals surface area (Å²) in [4.78, 5) is 14.0. The van der Waals surface area contributed by atoms with Crippen molar-refractivity contribution in [3.63, 3.8) is 0 Å². The van der Waals surface area contributed by atoms with E-state index in [0.29, 0.717) is 6.42 Å². The number of aromatic amines is 1. The van der Waals surface area contributed by atoms with Crippen LogP contribution in [-0.4, -0.2) is 10.9 Å². The van der Waals surface area contributed by atoms with E-state index in [1.165, 1.54) is 0 Å². The molecule has 1 amide bonds. The molecule has 1 heterocycles. The van der Waals surface area contributed by atoms with E-state index >= 15 is 0 Å². The number of hydrogen-bond acceptors (Lipinski definition) is 1. The van der Waals surface area contributed by atoms with Gasteiger partial charge in [0.05, 0.1) is 6.04 Å². The highest BCUT2D eigenvalue weighted by atomic mass is 16.1. The molecule has 0 saturated carbocycles. The van der Waals surface area contributed by atoms with Crippen molar-refractivity contribution in [2.45, 2.75) is 26.3 Å². The minimum Gasteiger partial charge on any atom is -0.363 e. The van der Waals surface area contributed by atoms with Gasteiger partial charge in [-0.15, -0.1) is 0 Å².